The quantitative estimate of drug-likeness (QED) is 0.455. The third-order valence-corrected chi connectivity index (χ3v) is 4.48. The Labute approximate surface area is 178 Å². The maximum Gasteiger partial charge on any atom is 0.357 e. The number of carbonyl (C=O) groups is 2. The number of rotatable bonds is 6. The fourth-order valence-corrected chi connectivity index (χ4v) is 3.08. The highest BCUT2D eigenvalue weighted by atomic mass is 16.5. The standard InChI is InChI=1S/C24H19N3O4/c1-2-30-24(29)21-14-22(26-15-25-21)31-18-11-12-19-16(13-18)7-6-10-20(19)23(28)27-17-8-4-3-5-9-17/h3-15H,2H2,1H3,(H,27,28). The lowest BCUT2D eigenvalue weighted by Crippen LogP contribution is -2.12. The number of ether oxygens (including phenoxy) is 2. The van der Waals surface area contributed by atoms with Crippen molar-refractivity contribution < 1.29 is 19.1 Å². The summed E-state index contributed by atoms with van der Waals surface area (Å²) in [6, 6.07) is 21.6. The highest BCUT2D eigenvalue weighted by Crippen LogP contribution is 2.27. The SMILES string of the molecule is CCOC(=O)c1cc(Oc2ccc3c(C(=O)Nc4ccccc4)cccc3c2)ncn1. The maximum absolute atomic E-state index is 12.8. The number of anilines is 1. The maximum atomic E-state index is 12.8. The number of benzene rings is 3. The summed E-state index contributed by atoms with van der Waals surface area (Å²) in [5.41, 5.74) is 1.40. The predicted molar refractivity (Wildman–Crippen MR) is 116 cm³/mol. The van der Waals surface area contributed by atoms with Gasteiger partial charge in [0, 0.05) is 17.3 Å². The van der Waals surface area contributed by atoms with Gasteiger partial charge in [0.25, 0.3) is 5.91 Å². The molecule has 0 spiro atoms. The van der Waals surface area contributed by atoms with Crippen LogP contribution in [0.3, 0.4) is 0 Å². The Kier molecular flexibility index (Phi) is 5.84. The van der Waals surface area contributed by atoms with E-state index in [1.54, 1.807) is 25.1 Å². The monoisotopic (exact) mass is 413 g/mol. The number of fused-ring (bicyclic) bond motifs is 1. The molecule has 1 amide bonds. The molecule has 0 saturated heterocycles. The summed E-state index contributed by atoms with van der Waals surface area (Å²) < 4.78 is 10.7. The first-order valence-electron chi connectivity index (χ1n) is 9.70. The van der Waals surface area contributed by atoms with Gasteiger partial charge < -0.3 is 14.8 Å². The molecule has 7 nitrogen and oxygen atoms in total. The number of hydrogen-bond acceptors (Lipinski definition) is 6. The summed E-state index contributed by atoms with van der Waals surface area (Å²) in [7, 11) is 0. The summed E-state index contributed by atoms with van der Waals surface area (Å²) in [4.78, 5) is 32.6. The van der Waals surface area contributed by atoms with Crippen molar-refractivity contribution in [3.05, 3.63) is 90.4 Å². The molecule has 0 aliphatic rings. The third kappa shape index (κ3) is 4.67. The van der Waals surface area contributed by atoms with Crippen molar-refractivity contribution >= 4 is 28.3 Å². The number of amides is 1. The predicted octanol–water partition coefficient (Wildman–Crippen LogP) is 4.85. The first-order chi connectivity index (χ1) is 15.1. The van der Waals surface area contributed by atoms with Gasteiger partial charge in [0.2, 0.25) is 5.88 Å². The van der Waals surface area contributed by atoms with Gasteiger partial charge in [-0.15, -0.1) is 0 Å². The second kappa shape index (κ2) is 9.04. The molecular weight excluding hydrogens is 394 g/mol. The molecule has 1 N–H and O–H groups in total. The third-order valence-electron chi connectivity index (χ3n) is 4.48. The Morgan fingerprint density at radius 1 is 0.935 bits per heavy atom. The lowest BCUT2D eigenvalue weighted by molar-refractivity contribution is 0.0518. The average Bonchev–Trinajstić information content (AvgIpc) is 2.79. The first kappa shape index (κ1) is 20.0. The molecule has 0 unspecified atom stereocenters. The van der Waals surface area contributed by atoms with Crippen LogP contribution in [0.1, 0.15) is 27.8 Å². The van der Waals surface area contributed by atoms with E-state index in [1.807, 2.05) is 48.5 Å². The highest BCUT2D eigenvalue weighted by molar-refractivity contribution is 6.13. The summed E-state index contributed by atoms with van der Waals surface area (Å²) in [5, 5.41) is 4.52. The lowest BCUT2D eigenvalue weighted by Gasteiger charge is -2.10. The number of carbonyl (C=O) groups excluding carboxylic acids is 2. The van der Waals surface area contributed by atoms with Crippen molar-refractivity contribution in [2.45, 2.75) is 6.92 Å². The van der Waals surface area contributed by atoms with E-state index in [9.17, 15) is 9.59 Å². The number of hydrogen-bond donors (Lipinski definition) is 1. The summed E-state index contributed by atoms with van der Waals surface area (Å²) in [5.74, 6) is -0.000293. The molecule has 4 aromatic rings. The van der Waals surface area contributed by atoms with Gasteiger partial charge in [0.05, 0.1) is 6.61 Å². The van der Waals surface area contributed by atoms with Crippen molar-refractivity contribution in [1.29, 1.82) is 0 Å². The van der Waals surface area contributed by atoms with Crippen LogP contribution in [-0.2, 0) is 4.74 Å². The van der Waals surface area contributed by atoms with E-state index in [0.717, 1.165) is 16.5 Å². The Morgan fingerprint density at radius 2 is 1.77 bits per heavy atom. The summed E-state index contributed by atoms with van der Waals surface area (Å²) in [6.45, 7) is 1.98. The molecule has 1 aromatic heterocycles. The van der Waals surface area contributed by atoms with E-state index in [0.29, 0.717) is 11.3 Å². The van der Waals surface area contributed by atoms with Gasteiger partial charge in [-0.3, -0.25) is 4.79 Å². The van der Waals surface area contributed by atoms with Crippen molar-refractivity contribution in [1.82, 2.24) is 9.97 Å². The molecular formula is C24H19N3O4. The Morgan fingerprint density at radius 3 is 2.58 bits per heavy atom. The summed E-state index contributed by atoms with van der Waals surface area (Å²) >= 11 is 0. The average molecular weight is 413 g/mol. The molecule has 0 radical (unpaired) electrons. The zero-order chi connectivity index (χ0) is 21.6. The molecule has 4 rings (SSSR count). The molecule has 3 aromatic carbocycles. The topological polar surface area (TPSA) is 90.4 Å². The van der Waals surface area contributed by atoms with Crippen LogP contribution in [0.25, 0.3) is 10.8 Å². The van der Waals surface area contributed by atoms with Crippen molar-refractivity contribution in [2.24, 2.45) is 0 Å². The van der Waals surface area contributed by atoms with Gasteiger partial charge in [0.15, 0.2) is 5.69 Å². The van der Waals surface area contributed by atoms with Crippen LogP contribution in [0.2, 0.25) is 0 Å². The van der Waals surface area contributed by atoms with Gasteiger partial charge >= 0.3 is 5.97 Å². The molecule has 0 fully saturated rings. The minimum absolute atomic E-state index is 0.118. The van der Waals surface area contributed by atoms with Crippen LogP contribution < -0.4 is 10.1 Å². The van der Waals surface area contributed by atoms with Crippen LogP contribution in [0, 0.1) is 0 Å². The van der Waals surface area contributed by atoms with Crippen LogP contribution in [0.4, 0.5) is 5.69 Å². The van der Waals surface area contributed by atoms with Crippen LogP contribution in [-0.4, -0.2) is 28.5 Å². The second-order valence-corrected chi connectivity index (χ2v) is 6.57. The van der Waals surface area contributed by atoms with Gasteiger partial charge in [-0.05, 0) is 54.1 Å². The minimum Gasteiger partial charge on any atom is -0.461 e. The van der Waals surface area contributed by atoms with Crippen molar-refractivity contribution in [3.8, 4) is 11.6 Å². The van der Waals surface area contributed by atoms with Gasteiger partial charge in [0.1, 0.15) is 12.1 Å². The first-order valence-corrected chi connectivity index (χ1v) is 9.70. The van der Waals surface area contributed by atoms with Crippen molar-refractivity contribution in [3.63, 3.8) is 0 Å². The van der Waals surface area contributed by atoms with Gasteiger partial charge in [-0.2, -0.15) is 0 Å². The highest BCUT2D eigenvalue weighted by Gasteiger charge is 2.13. The molecule has 31 heavy (non-hydrogen) atoms. The molecule has 0 bridgehead atoms. The largest absolute Gasteiger partial charge is 0.461 e. The number of aromatic nitrogens is 2. The van der Waals surface area contributed by atoms with Gasteiger partial charge in [-0.25, -0.2) is 14.8 Å². The summed E-state index contributed by atoms with van der Waals surface area (Å²) in [6.07, 6.45) is 1.24. The van der Waals surface area contributed by atoms with Gasteiger partial charge in [-0.1, -0.05) is 30.3 Å². The van der Waals surface area contributed by atoms with Crippen LogP contribution in [0.15, 0.2) is 79.1 Å². The molecule has 0 saturated carbocycles. The van der Waals surface area contributed by atoms with E-state index < -0.39 is 5.97 Å². The number of nitrogens with one attached hydrogen (secondary N) is 1. The Hall–Kier alpha value is -4.26. The molecule has 0 aliphatic heterocycles. The molecule has 7 heteroatoms. The van der Waals surface area contributed by atoms with E-state index in [2.05, 4.69) is 15.3 Å². The van der Waals surface area contributed by atoms with Crippen LogP contribution in [0.5, 0.6) is 11.6 Å². The normalized spacial score (nSPS) is 10.5. The molecule has 154 valence electrons. The molecule has 1 heterocycles. The smallest absolute Gasteiger partial charge is 0.357 e. The number of nitrogens with zero attached hydrogens (tertiary/aromatic N) is 2. The van der Waals surface area contributed by atoms with Crippen LogP contribution >= 0.6 is 0 Å². The van der Waals surface area contributed by atoms with E-state index >= 15 is 0 Å². The zero-order valence-electron chi connectivity index (χ0n) is 16.7. The zero-order valence-corrected chi connectivity index (χ0v) is 16.7. The van der Waals surface area contributed by atoms with Crippen molar-refractivity contribution in [2.75, 3.05) is 11.9 Å². The van der Waals surface area contributed by atoms with E-state index in [1.165, 1.54) is 12.4 Å². The minimum atomic E-state index is -0.540. The van der Waals surface area contributed by atoms with E-state index in [-0.39, 0.29) is 24.1 Å². The second-order valence-electron chi connectivity index (χ2n) is 6.57. The van der Waals surface area contributed by atoms with E-state index in [4.69, 9.17) is 9.47 Å². The Bertz CT molecular complexity index is 1240. The fourth-order valence-electron chi connectivity index (χ4n) is 3.08. The fraction of sp³-hybridized carbons (Fsp3) is 0.0833. The lowest BCUT2D eigenvalue weighted by atomic mass is 10.0. The Balaban J connectivity index is 1.57. The molecule has 0 atom stereocenters. The molecule has 0 aliphatic carbocycles. The number of esters is 1. The number of para-hydroxylation sites is 1.